The Bertz CT molecular complexity index is 553. The van der Waals surface area contributed by atoms with Gasteiger partial charge in [-0.3, -0.25) is 9.59 Å². The first-order valence-electron chi connectivity index (χ1n) is 8.50. The Morgan fingerprint density at radius 2 is 1.96 bits per heavy atom. The summed E-state index contributed by atoms with van der Waals surface area (Å²) in [6.45, 7) is 1.67. The molecule has 2 aliphatic rings. The van der Waals surface area contributed by atoms with E-state index < -0.39 is 0 Å². The molecule has 0 atom stereocenters. The van der Waals surface area contributed by atoms with Crippen LogP contribution in [0.3, 0.4) is 0 Å². The Morgan fingerprint density at radius 3 is 2.65 bits per heavy atom. The molecule has 0 aromatic heterocycles. The van der Waals surface area contributed by atoms with Gasteiger partial charge in [-0.1, -0.05) is 43.2 Å². The molecule has 3 rings (SSSR count). The van der Waals surface area contributed by atoms with E-state index in [0.29, 0.717) is 19.6 Å². The molecule has 1 saturated heterocycles. The second-order valence-electron chi connectivity index (χ2n) is 6.67. The van der Waals surface area contributed by atoms with Crippen LogP contribution in [-0.4, -0.2) is 48.4 Å². The number of rotatable bonds is 5. The Morgan fingerprint density at radius 1 is 1.22 bits per heavy atom. The van der Waals surface area contributed by atoms with Crippen molar-refractivity contribution in [1.29, 1.82) is 0 Å². The largest absolute Gasteiger partial charge is 0.353 e. The van der Waals surface area contributed by atoms with Gasteiger partial charge in [0.05, 0.1) is 13.1 Å². The van der Waals surface area contributed by atoms with Gasteiger partial charge in [0.2, 0.25) is 11.8 Å². The molecular formula is C18H25N3O2. The van der Waals surface area contributed by atoms with Crippen molar-refractivity contribution in [3.05, 3.63) is 35.9 Å². The molecule has 5 nitrogen and oxygen atoms in total. The summed E-state index contributed by atoms with van der Waals surface area (Å²) in [7, 11) is 0. The lowest BCUT2D eigenvalue weighted by Gasteiger charge is -2.33. The average molecular weight is 315 g/mol. The fraction of sp³-hybridized carbons (Fsp3) is 0.556. The summed E-state index contributed by atoms with van der Waals surface area (Å²) in [5, 5.41) is 6.28. The van der Waals surface area contributed by atoms with E-state index in [2.05, 4.69) is 34.9 Å². The van der Waals surface area contributed by atoms with Crippen LogP contribution in [0.4, 0.5) is 0 Å². The Balaban J connectivity index is 1.59. The maximum Gasteiger partial charge on any atom is 0.239 e. The van der Waals surface area contributed by atoms with Crippen molar-refractivity contribution in [3.8, 4) is 0 Å². The van der Waals surface area contributed by atoms with Crippen molar-refractivity contribution in [2.45, 2.75) is 37.6 Å². The van der Waals surface area contributed by atoms with Crippen LogP contribution in [0.1, 0.15) is 31.2 Å². The number of piperazine rings is 1. The molecule has 1 aliphatic heterocycles. The summed E-state index contributed by atoms with van der Waals surface area (Å²) in [5.41, 5.74) is 1.33. The van der Waals surface area contributed by atoms with Gasteiger partial charge in [-0.05, 0) is 24.8 Å². The van der Waals surface area contributed by atoms with Crippen LogP contribution in [0.2, 0.25) is 0 Å². The number of carbonyl (C=O) groups is 2. The van der Waals surface area contributed by atoms with Crippen molar-refractivity contribution < 1.29 is 9.59 Å². The Labute approximate surface area is 137 Å². The molecule has 1 aromatic carbocycles. The third-order valence-corrected chi connectivity index (χ3v) is 4.95. The number of hydrogen-bond donors (Lipinski definition) is 2. The molecule has 1 heterocycles. The molecule has 1 aliphatic carbocycles. The second-order valence-corrected chi connectivity index (χ2v) is 6.67. The van der Waals surface area contributed by atoms with Crippen LogP contribution < -0.4 is 10.6 Å². The first-order valence-corrected chi connectivity index (χ1v) is 8.50. The Kier molecular flexibility index (Phi) is 4.96. The molecule has 1 saturated carbocycles. The van der Waals surface area contributed by atoms with Crippen LogP contribution in [0.15, 0.2) is 30.3 Å². The summed E-state index contributed by atoms with van der Waals surface area (Å²) >= 11 is 0. The fourth-order valence-corrected chi connectivity index (χ4v) is 3.68. The fourth-order valence-electron chi connectivity index (χ4n) is 3.68. The second kappa shape index (κ2) is 7.13. The molecular weight excluding hydrogens is 290 g/mol. The molecule has 124 valence electrons. The standard InChI is InChI=1S/C18H25N3O2/c22-16-14-21(11-10-19-16)17(23)13-20-18(8-4-5-9-18)12-15-6-2-1-3-7-15/h1-3,6-7,20H,4-5,8-14H2,(H,19,22). The van der Waals surface area contributed by atoms with Crippen LogP contribution >= 0.6 is 0 Å². The van der Waals surface area contributed by atoms with E-state index in [1.54, 1.807) is 4.90 Å². The predicted molar refractivity (Wildman–Crippen MR) is 88.9 cm³/mol. The van der Waals surface area contributed by atoms with E-state index in [0.717, 1.165) is 19.3 Å². The minimum absolute atomic E-state index is 0.0229. The van der Waals surface area contributed by atoms with Crippen LogP contribution in [0, 0.1) is 0 Å². The van der Waals surface area contributed by atoms with Gasteiger partial charge in [-0.2, -0.15) is 0 Å². The van der Waals surface area contributed by atoms with E-state index in [9.17, 15) is 9.59 Å². The summed E-state index contributed by atoms with van der Waals surface area (Å²) in [4.78, 5) is 25.4. The minimum atomic E-state index is -0.0653. The monoisotopic (exact) mass is 315 g/mol. The third kappa shape index (κ3) is 4.10. The number of nitrogens with one attached hydrogen (secondary N) is 2. The lowest BCUT2D eigenvalue weighted by atomic mass is 9.89. The van der Waals surface area contributed by atoms with Crippen molar-refractivity contribution >= 4 is 11.8 Å². The van der Waals surface area contributed by atoms with Crippen LogP contribution in [-0.2, 0) is 16.0 Å². The quantitative estimate of drug-likeness (QED) is 0.855. The van der Waals surface area contributed by atoms with E-state index in [1.165, 1.54) is 18.4 Å². The predicted octanol–water partition coefficient (Wildman–Crippen LogP) is 1.09. The average Bonchev–Trinajstić information content (AvgIpc) is 3.02. The van der Waals surface area contributed by atoms with Crippen LogP contribution in [0.25, 0.3) is 0 Å². The first-order chi connectivity index (χ1) is 11.2. The zero-order chi connectivity index (χ0) is 16.1. The molecule has 1 aromatic rings. The number of benzene rings is 1. The summed E-state index contributed by atoms with van der Waals surface area (Å²) in [6.07, 6.45) is 5.59. The van der Waals surface area contributed by atoms with Crippen LogP contribution in [0.5, 0.6) is 0 Å². The van der Waals surface area contributed by atoms with E-state index in [1.807, 2.05) is 6.07 Å². The van der Waals surface area contributed by atoms with Crippen molar-refractivity contribution in [3.63, 3.8) is 0 Å². The highest BCUT2D eigenvalue weighted by Crippen LogP contribution is 2.32. The number of nitrogens with zero attached hydrogens (tertiary/aromatic N) is 1. The van der Waals surface area contributed by atoms with Gasteiger partial charge < -0.3 is 15.5 Å². The molecule has 0 bridgehead atoms. The lowest BCUT2D eigenvalue weighted by molar-refractivity contribution is -0.137. The molecule has 2 N–H and O–H groups in total. The van der Waals surface area contributed by atoms with Gasteiger partial charge in [0, 0.05) is 18.6 Å². The highest BCUT2D eigenvalue weighted by molar-refractivity contribution is 5.86. The number of carbonyl (C=O) groups excluding carboxylic acids is 2. The van der Waals surface area contributed by atoms with Crippen molar-refractivity contribution in [2.75, 3.05) is 26.2 Å². The highest BCUT2D eigenvalue weighted by Gasteiger charge is 2.34. The van der Waals surface area contributed by atoms with Gasteiger partial charge in [-0.15, -0.1) is 0 Å². The maximum atomic E-state index is 12.4. The van der Waals surface area contributed by atoms with Crippen molar-refractivity contribution in [1.82, 2.24) is 15.5 Å². The summed E-state index contributed by atoms with van der Waals surface area (Å²) in [5.74, 6) is -0.0383. The zero-order valence-electron chi connectivity index (χ0n) is 13.5. The molecule has 0 spiro atoms. The molecule has 0 radical (unpaired) electrons. The van der Waals surface area contributed by atoms with E-state index in [-0.39, 0.29) is 23.9 Å². The third-order valence-electron chi connectivity index (χ3n) is 4.95. The van der Waals surface area contributed by atoms with Crippen molar-refractivity contribution in [2.24, 2.45) is 0 Å². The first kappa shape index (κ1) is 16.0. The molecule has 2 fully saturated rings. The minimum Gasteiger partial charge on any atom is -0.353 e. The zero-order valence-corrected chi connectivity index (χ0v) is 13.5. The summed E-state index contributed by atoms with van der Waals surface area (Å²) in [6, 6.07) is 10.5. The number of hydrogen-bond acceptors (Lipinski definition) is 3. The van der Waals surface area contributed by atoms with Gasteiger partial charge in [0.15, 0.2) is 0 Å². The Hall–Kier alpha value is -1.88. The smallest absolute Gasteiger partial charge is 0.239 e. The lowest BCUT2D eigenvalue weighted by Crippen LogP contribution is -2.54. The molecule has 2 amide bonds. The molecule has 23 heavy (non-hydrogen) atoms. The normalized spacial score (nSPS) is 20.3. The topological polar surface area (TPSA) is 61.4 Å². The maximum absolute atomic E-state index is 12.4. The SMILES string of the molecule is O=C1CN(C(=O)CNC2(Cc3ccccc3)CCCC2)CCN1. The van der Waals surface area contributed by atoms with E-state index >= 15 is 0 Å². The van der Waals surface area contributed by atoms with Gasteiger partial charge in [-0.25, -0.2) is 0 Å². The van der Waals surface area contributed by atoms with Gasteiger partial charge in [0.1, 0.15) is 0 Å². The summed E-state index contributed by atoms with van der Waals surface area (Å²) < 4.78 is 0. The number of amides is 2. The molecule has 5 heteroatoms. The van der Waals surface area contributed by atoms with Gasteiger partial charge in [0.25, 0.3) is 0 Å². The van der Waals surface area contributed by atoms with Gasteiger partial charge >= 0.3 is 0 Å². The highest BCUT2D eigenvalue weighted by atomic mass is 16.2. The molecule has 0 unspecified atom stereocenters. The van der Waals surface area contributed by atoms with E-state index in [4.69, 9.17) is 0 Å².